The molecule has 0 spiro atoms. The third kappa shape index (κ3) is 14.5. The first-order valence-electron chi connectivity index (χ1n) is 9.84. The molecule has 7 nitrogen and oxygen atoms in total. The maximum absolute atomic E-state index is 11.9. The second kappa shape index (κ2) is 16.3. The molecule has 0 aliphatic carbocycles. The summed E-state index contributed by atoms with van der Waals surface area (Å²) in [5.74, 6) is 0.0860. The quantitative estimate of drug-likeness (QED) is 0.259. The van der Waals surface area contributed by atoms with Gasteiger partial charge in [0.05, 0.1) is 16.4 Å². The number of nitrogens with one attached hydrogen (secondary N) is 1. The minimum absolute atomic E-state index is 0. The van der Waals surface area contributed by atoms with Crippen molar-refractivity contribution in [1.29, 1.82) is 0 Å². The average molecular weight is 426 g/mol. The minimum Gasteiger partial charge on any atom is -0.748 e. The summed E-state index contributed by atoms with van der Waals surface area (Å²) in [6.45, 7) is 2.28. The van der Waals surface area contributed by atoms with E-state index in [1.165, 1.54) is 44.8 Å². The molecule has 0 saturated heterocycles. The summed E-state index contributed by atoms with van der Waals surface area (Å²) in [6.07, 6.45) is 10.7. The van der Waals surface area contributed by atoms with E-state index in [2.05, 4.69) is 12.2 Å². The topological polar surface area (TPSA) is 109 Å². The van der Waals surface area contributed by atoms with Crippen LogP contribution in [0.5, 0.6) is 0 Å². The Bertz CT molecular complexity index is 606. The predicted octanol–water partition coefficient (Wildman–Crippen LogP) is 1.52. The fraction of sp³-hybridized carbons (Fsp3) is 0.737. The fourth-order valence-electron chi connectivity index (χ4n) is 2.81. The van der Waals surface area contributed by atoms with Crippen LogP contribution >= 0.6 is 0 Å². The normalized spacial score (nSPS) is 12.2. The summed E-state index contributed by atoms with van der Waals surface area (Å²) in [6, 6.07) is 3.52. The second-order valence-electron chi connectivity index (χ2n) is 6.72. The van der Waals surface area contributed by atoms with Gasteiger partial charge in [-0.15, -0.1) is 0 Å². The number of unbranched alkanes of at least 4 members (excludes halogenated alkanes) is 7. The zero-order chi connectivity index (χ0) is 20.0. The summed E-state index contributed by atoms with van der Waals surface area (Å²) in [5.41, 5.74) is 0. The molecule has 0 aliphatic heterocycles. The van der Waals surface area contributed by atoms with Crippen molar-refractivity contribution in [2.75, 3.05) is 12.3 Å². The molecule has 1 unspecified atom stereocenters. The Morgan fingerprint density at radius 3 is 2.36 bits per heavy atom. The number of carbonyl (C=O) groups excluding carboxylic acids is 1. The number of amides is 1. The molecule has 0 aliphatic rings. The first-order valence-corrected chi connectivity index (χ1v) is 11.4. The van der Waals surface area contributed by atoms with Crippen LogP contribution in [0.15, 0.2) is 22.8 Å². The van der Waals surface area contributed by atoms with Crippen LogP contribution in [-0.4, -0.2) is 31.4 Å². The number of alkyl carbamates (subject to hydrolysis) is 1. The van der Waals surface area contributed by atoms with Gasteiger partial charge in [-0.25, -0.2) is 13.2 Å². The maximum Gasteiger partial charge on any atom is 1.00 e. The van der Waals surface area contributed by atoms with Crippen LogP contribution in [-0.2, 0) is 14.9 Å². The minimum atomic E-state index is -4.26. The molecule has 1 aromatic heterocycles. The molecule has 0 saturated carbocycles. The van der Waals surface area contributed by atoms with E-state index in [0.717, 1.165) is 12.8 Å². The number of carbonyl (C=O) groups is 1. The van der Waals surface area contributed by atoms with Gasteiger partial charge in [0.25, 0.3) is 0 Å². The van der Waals surface area contributed by atoms with Crippen molar-refractivity contribution < 1.29 is 56.5 Å². The van der Waals surface area contributed by atoms with Crippen LogP contribution in [0.2, 0.25) is 0 Å². The van der Waals surface area contributed by atoms with E-state index in [1.807, 2.05) is 0 Å². The van der Waals surface area contributed by atoms with Crippen LogP contribution in [0.1, 0.15) is 83.0 Å². The van der Waals surface area contributed by atoms with E-state index < -0.39 is 28.1 Å². The molecule has 1 atom stereocenters. The zero-order valence-electron chi connectivity index (χ0n) is 17.2. The molecule has 156 valence electrons. The van der Waals surface area contributed by atoms with Gasteiger partial charge in [-0.1, -0.05) is 51.9 Å². The average Bonchev–Trinajstić information content (AvgIpc) is 3.14. The molecular weight excluding hydrogens is 393 g/mol. The van der Waals surface area contributed by atoms with Gasteiger partial charge in [0.1, 0.15) is 5.76 Å². The number of ether oxygens (including phenoxy) is 1. The van der Waals surface area contributed by atoms with Crippen molar-refractivity contribution in [2.24, 2.45) is 0 Å². The van der Waals surface area contributed by atoms with E-state index in [0.29, 0.717) is 12.2 Å². The summed E-state index contributed by atoms with van der Waals surface area (Å²) >= 11 is 0. The molecule has 0 fully saturated rings. The van der Waals surface area contributed by atoms with Gasteiger partial charge in [-0.3, -0.25) is 0 Å². The summed E-state index contributed by atoms with van der Waals surface area (Å²) in [7, 11) is -4.26. The largest absolute Gasteiger partial charge is 1.00 e. The van der Waals surface area contributed by atoms with Gasteiger partial charge >= 0.3 is 35.7 Å². The van der Waals surface area contributed by atoms with Gasteiger partial charge in [0.15, 0.2) is 6.10 Å². The molecule has 1 aromatic rings. The molecule has 1 amide bonds. The monoisotopic (exact) mass is 425 g/mol. The standard InChI is InChI=1S/C19H33NO6S.Na/c1-2-3-4-5-6-7-8-9-12-18(17-13-10-15-25-17)26-19(21)20-14-11-16-27(22,23)24;/h10,13,15,18H,2-9,11-12,14,16H2,1H3,(H,20,21)(H,22,23,24);/q;+1/p-1. The van der Waals surface area contributed by atoms with Crippen molar-refractivity contribution in [3.8, 4) is 0 Å². The molecular formula is C19H32NNaO6S. The third-order valence-electron chi connectivity index (χ3n) is 4.27. The van der Waals surface area contributed by atoms with Crippen LogP contribution < -0.4 is 34.9 Å². The molecule has 0 aromatic carbocycles. The van der Waals surface area contributed by atoms with Crippen molar-refractivity contribution >= 4 is 16.2 Å². The first-order chi connectivity index (χ1) is 12.9. The van der Waals surface area contributed by atoms with E-state index in [-0.39, 0.29) is 42.5 Å². The van der Waals surface area contributed by atoms with Gasteiger partial charge < -0.3 is 19.0 Å². The van der Waals surface area contributed by atoms with Crippen LogP contribution in [0.3, 0.4) is 0 Å². The van der Waals surface area contributed by atoms with E-state index >= 15 is 0 Å². The molecule has 1 N–H and O–H groups in total. The smallest absolute Gasteiger partial charge is 0.748 e. The molecule has 9 heteroatoms. The van der Waals surface area contributed by atoms with E-state index in [9.17, 15) is 17.8 Å². The number of furan rings is 1. The summed E-state index contributed by atoms with van der Waals surface area (Å²) < 4.78 is 42.4. The zero-order valence-corrected chi connectivity index (χ0v) is 20.0. The third-order valence-corrected chi connectivity index (χ3v) is 5.06. The Hall–Kier alpha value is -0.540. The summed E-state index contributed by atoms with van der Waals surface area (Å²) in [5, 5.41) is 2.47. The Morgan fingerprint density at radius 1 is 1.14 bits per heavy atom. The van der Waals surface area contributed by atoms with E-state index in [4.69, 9.17) is 9.15 Å². The van der Waals surface area contributed by atoms with Crippen molar-refractivity contribution in [2.45, 2.75) is 77.2 Å². The Balaban J connectivity index is 0.00000729. The molecule has 0 bridgehead atoms. The van der Waals surface area contributed by atoms with Gasteiger partial charge in [-0.05, 0) is 31.4 Å². The van der Waals surface area contributed by atoms with Crippen molar-refractivity contribution in [3.05, 3.63) is 24.2 Å². The Kier molecular flexibility index (Phi) is 16.0. The van der Waals surface area contributed by atoms with Crippen LogP contribution in [0.25, 0.3) is 0 Å². The predicted molar refractivity (Wildman–Crippen MR) is 102 cm³/mol. The molecule has 0 radical (unpaired) electrons. The van der Waals surface area contributed by atoms with Crippen molar-refractivity contribution in [1.82, 2.24) is 5.32 Å². The van der Waals surface area contributed by atoms with Crippen LogP contribution in [0.4, 0.5) is 4.79 Å². The molecule has 28 heavy (non-hydrogen) atoms. The SMILES string of the molecule is CCCCCCCCCCC(OC(=O)NCCCS(=O)(=O)[O-])c1ccco1.[Na+]. The maximum atomic E-state index is 11.9. The fourth-order valence-corrected chi connectivity index (χ4v) is 3.31. The Labute approximate surface area is 191 Å². The van der Waals surface area contributed by atoms with Gasteiger partial charge in [0.2, 0.25) is 0 Å². The van der Waals surface area contributed by atoms with Gasteiger partial charge in [-0.2, -0.15) is 0 Å². The van der Waals surface area contributed by atoms with Gasteiger partial charge in [0, 0.05) is 12.3 Å². The van der Waals surface area contributed by atoms with E-state index in [1.54, 1.807) is 12.1 Å². The van der Waals surface area contributed by atoms with Crippen molar-refractivity contribution in [3.63, 3.8) is 0 Å². The number of hydrogen-bond acceptors (Lipinski definition) is 6. The van der Waals surface area contributed by atoms with Crippen LogP contribution in [0, 0.1) is 0 Å². The molecule has 1 heterocycles. The molecule has 1 rings (SSSR count). The second-order valence-corrected chi connectivity index (χ2v) is 8.24. The summed E-state index contributed by atoms with van der Waals surface area (Å²) in [4.78, 5) is 11.9. The number of hydrogen-bond donors (Lipinski definition) is 1. The Morgan fingerprint density at radius 2 is 1.79 bits per heavy atom. The first kappa shape index (κ1) is 27.5. The number of rotatable bonds is 15.